The predicted octanol–water partition coefficient (Wildman–Crippen LogP) is 3.79. The van der Waals surface area contributed by atoms with Crippen molar-refractivity contribution >= 4 is 23.0 Å². The van der Waals surface area contributed by atoms with Crippen LogP contribution in [0.4, 0.5) is 11.4 Å². The molecule has 3 heteroatoms. The quantitative estimate of drug-likeness (QED) is 0.800. The van der Waals surface area contributed by atoms with Crippen molar-refractivity contribution in [1.29, 1.82) is 0 Å². The Bertz CT molecular complexity index is 622. The number of anilines is 2. The molecular formula is C16H17ClN2. The Morgan fingerprint density at radius 2 is 1.89 bits per heavy atom. The first-order valence-corrected chi connectivity index (χ1v) is 6.90. The predicted molar refractivity (Wildman–Crippen MR) is 81.8 cm³/mol. The first-order valence-electron chi connectivity index (χ1n) is 6.52. The van der Waals surface area contributed by atoms with Gasteiger partial charge in [0.05, 0.1) is 10.7 Å². The second-order valence-corrected chi connectivity index (χ2v) is 5.51. The molecule has 0 unspecified atom stereocenters. The number of hydrogen-bond donors (Lipinski definition) is 1. The molecule has 0 atom stereocenters. The van der Waals surface area contributed by atoms with Crippen LogP contribution in [0.3, 0.4) is 0 Å². The SMILES string of the molecule is Cc1cc(N)c(Cl)cc1N1CCc2ccccc2C1. The summed E-state index contributed by atoms with van der Waals surface area (Å²) in [6.45, 7) is 4.05. The Labute approximate surface area is 118 Å². The second kappa shape index (κ2) is 4.78. The summed E-state index contributed by atoms with van der Waals surface area (Å²) in [4.78, 5) is 2.38. The molecule has 0 amide bonds. The zero-order chi connectivity index (χ0) is 13.4. The van der Waals surface area contributed by atoms with Crippen molar-refractivity contribution < 1.29 is 0 Å². The Hall–Kier alpha value is -1.67. The van der Waals surface area contributed by atoms with E-state index in [1.165, 1.54) is 22.4 Å². The van der Waals surface area contributed by atoms with E-state index in [4.69, 9.17) is 17.3 Å². The molecule has 0 aromatic heterocycles. The standard InChI is InChI=1S/C16H17ClN2/c1-11-8-15(18)14(17)9-16(11)19-7-6-12-4-2-3-5-13(12)10-19/h2-5,8-9H,6-7,10,18H2,1H3. The molecule has 2 N–H and O–H groups in total. The normalized spacial score (nSPS) is 14.3. The van der Waals surface area contributed by atoms with Gasteiger partial charge in [0.15, 0.2) is 0 Å². The maximum absolute atomic E-state index is 6.15. The third kappa shape index (κ3) is 2.28. The van der Waals surface area contributed by atoms with Gasteiger partial charge >= 0.3 is 0 Å². The topological polar surface area (TPSA) is 29.3 Å². The molecule has 0 fully saturated rings. The minimum atomic E-state index is 0.638. The van der Waals surface area contributed by atoms with Gasteiger partial charge in [0.25, 0.3) is 0 Å². The van der Waals surface area contributed by atoms with E-state index in [9.17, 15) is 0 Å². The summed E-state index contributed by atoms with van der Waals surface area (Å²) < 4.78 is 0. The van der Waals surface area contributed by atoms with E-state index in [-0.39, 0.29) is 0 Å². The molecule has 0 bridgehead atoms. The van der Waals surface area contributed by atoms with Crippen LogP contribution in [0, 0.1) is 6.92 Å². The molecular weight excluding hydrogens is 256 g/mol. The lowest BCUT2D eigenvalue weighted by molar-refractivity contribution is 0.729. The average molecular weight is 273 g/mol. The van der Waals surface area contributed by atoms with Gasteiger partial charge in [-0.25, -0.2) is 0 Å². The molecule has 1 heterocycles. The molecule has 2 aromatic carbocycles. The first kappa shape index (κ1) is 12.4. The second-order valence-electron chi connectivity index (χ2n) is 5.10. The molecule has 1 aliphatic rings. The van der Waals surface area contributed by atoms with Gasteiger partial charge in [-0.1, -0.05) is 35.9 Å². The molecule has 0 saturated carbocycles. The van der Waals surface area contributed by atoms with Crippen LogP contribution in [-0.2, 0) is 13.0 Å². The maximum atomic E-state index is 6.15. The lowest BCUT2D eigenvalue weighted by atomic mass is 9.99. The summed E-state index contributed by atoms with van der Waals surface area (Å²) in [5.74, 6) is 0. The number of hydrogen-bond acceptors (Lipinski definition) is 2. The largest absolute Gasteiger partial charge is 0.398 e. The van der Waals surface area contributed by atoms with Gasteiger partial charge in [-0.3, -0.25) is 0 Å². The number of nitrogen functional groups attached to an aromatic ring is 1. The third-order valence-electron chi connectivity index (χ3n) is 3.79. The summed E-state index contributed by atoms with van der Waals surface area (Å²) in [6, 6.07) is 12.6. The summed E-state index contributed by atoms with van der Waals surface area (Å²) in [5.41, 5.74) is 11.7. The number of halogens is 1. The fraction of sp³-hybridized carbons (Fsp3) is 0.250. The highest BCUT2D eigenvalue weighted by Crippen LogP contribution is 2.32. The van der Waals surface area contributed by atoms with Gasteiger partial charge in [0.1, 0.15) is 0 Å². The molecule has 0 saturated heterocycles. The highest BCUT2D eigenvalue weighted by molar-refractivity contribution is 6.33. The van der Waals surface area contributed by atoms with Crippen LogP contribution in [0.1, 0.15) is 16.7 Å². The molecule has 19 heavy (non-hydrogen) atoms. The lowest BCUT2D eigenvalue weighted by Gasteiger charge is -2.32. The number of benzene rings is 2. The van der Waals surface area contributed by atoms with E-state index in [0.717, 1.165) is 19.5 Å². The first-order chi connectivity index (χ1) is 9.15. The fourth-order valence-electron chi connectivity index (χ4n) is 2.74. The van der Waals surface area contributed by atoms with E-state index in [1.807, 2.05) is 12.1 Å². The molecule has 2 nitrogen and oxygen atoms in total. The molecule has 1 aliphatic heterocycles. The molecule has 0 aliphatic carbocycles. The van der Waals surface area contributed by atoms with Crippen molar-refractivity contribution in [3.63, 3.8) is 0 Å². The summed E-state index contributed by atoms with van der Waals surface area (Å²) in [7, 11) is 0. The van der Waals surface area contributed by atoms with Gasteiger partial charge in [-0.05, 0) is 42.2 Å². The minimum absolute atomic E-state index is 0.638. The van der Waals surface area contributed by atoms with Crippen LogP contribution in [0.25, 0.3) is 0 Å². The number of nitrogens with zero attached hydrogens (tertiary/aromatic N) is 1. The molecule has 0 spiro atoms. The van der Waals surface area contributed by atoms with E-state index in [2.05, 4.69) is 36.1 Å². The average Bonchev–Trinajstić information content (AvgIpc) is 2.42. The summed E-state index contributed by atoms with van der Waals surface area (Å²) in [6.07, 6.45) is 1.08. The van der Waals surface area contributed by atoms with Crippen LogP contribution in [0.15, 0.2) is 36.4 Å². The van der Waals surface area contributed by atoms with Crippen molar-refractivity contribution in [2.45, 2.75) is 19.9 Å². The summed E-state index contributed by atoms with van der Waals surface area (Å²) >= 11 is 6.15. The highest BCUT2D eigenvalue weighted by atomic mass is 35.5. The molecule has 2 aromatic rings. The van der Waals surface area contributed by atoms with Gasteiger partial charge in [0, 0.05) is 18.8 Å². The Morgan fingerprint density at radius 1 is 1.16 bits per heavy atom. The van der Waals surface area contributed by atoms with E-state index in [1.54, 1.807) is 0 Å². The van der Waals surface area contributed by atoms with Gasteiger partial charge in [-0.2, -0.15) is 0 Å². The monoisotopic (exact) mass is 272 g/mol. The molecule has 0 radical (unpaired) electrons. The number of nitrogens with two attached hydrogens (primary N) is 1. The minimum Gasteiger partial charge on any atom is -0.398 e. The fourth-order valence-corrected chi connectivity index (χ4v) is 2.89. The number of fused-ring (bicyclic) bond motifs is 1. The Morgan fingerprint density at radius 3 is 2.68 bits per heavy atom. The van der Waals surface area contributed by atoms with Crippen molar-refractivity contribution in [1.82, 2.24) is 0 Å². The Balaban J connectivity index is 1.95. The van der Waals surface area contributed by atoms with E-state index >= 15 is 0 Å². The highest BCUT2D eigenvalue weighted by Gasteiger charge is 2.18. The van der Waals surface area contributed by atoms with Crippen LogP contribution in [-0.4, -0.2) is 6.54 Å². The number of aryl methyl sites for hydroxylation is 1. The van der Waals surface area contributed by atoms with Crippen molar-refractivity contribution in [2.75, 3.05) is 17.2 Å². The van der Waals surface area contributed by atoms with Crippen molar-refractivity contribution in [2.24, 2.45) is 0 Å². The van der Waals surface area contributed by atoms with E-state index in [0.29, 0.717) is 10.7 Å². The van der Waals surface area contributed by atoms with Crippen LogP contribution >= 0.6 is 11.6 Å². The Kier molecular flexibility index (Phi) is 3.11. The van der Waals surface area contributed by atoms with Crippen molar-refractivity contribution in [3.8, 4) is 0 Å². The molecule has 3 rings (SSSR count). The third-order valence-corrected chi connectivity index (χ3v) is 4.11. The summed E-state index contributed by atoms with van der Waals surface area (Å²) in [5, 5.41) is 0.638. The smallest absolute Gasteiger partial charge is 0.0656 e. The van der Waals surface area contributed by atoms with Gasteiger partial charge < -0.3 is 10.6 Å². The van der Waals surface area contributed by atoms with Gasteiger partial charge in [0.2, 0.25) is 0 Å². The lowest BCUT2D eigenvalue weighted by Crippen LogP contribution is -2.30. The van der Waals surface area contributed by atoms with Gasteiger partial charge in [-0.15, -0.1) is 0 Å². The maximum Gasteiger partial charge on any atom is 0.0656 e. The zero-order valence-corrected chi connectivity index (χ0v) is 11.7. The number of rotatable bonds is 1. The molecule has 98 valence electrons. The van der Waals surface area contributed by atoms with Crippen LogP contribution in [0.5, 0.6) is 0 Å². The van der Waals surface area contributed by atoms with Crippen LogP contribution < -0.4 is 10.6 Å². The van der Waals surface area contributed by atoms with E-state index < -0.39 is 0 Å². The van der Waals surface area contributed by atoms with Crippen molar-refractivity contribution in [3.05, 3.63) is 58.1 Å². The zero-order valence-electron chi connectivity index (χ0n) is 11.0. The van der Waals surface area contributed by atoms with Crippen LogP contribution in [0.2, 0.25) is 5.02 Å².